The molecule has 0 spiro atoms. The standard InChI is InChI=1S/C20H18N4O2S/c25-19-10-15(14-4-2-1-3-5-14)12-24(19)17-6-8-21-18(11-17)23-20(26)22-16-7-9-27-13-16/h1-9,11,13,15H,10,12H2,(H2,21,22,23,26)/t15-/m1/s1. The SMILES string of the molecule is O=C(Nc1ccsc1)Nc1cc(N2C[C@H](c3ccccc3)CC2=O)ccn1. The molecule has 0 saturated carbocycles. The van der Waals surface area contributed by atoms with Crippen molar-refractivity contribution in [3.8, 4) is 0 Å². The molecule has 1 aromatic carbocycles. The van der Waals surface area contributed by atoms with Gasteiger partial charge in [0.15, 0.2) is 0 Å². The molecule has 0 bridgehead atoms. The van der Waals surface area contributed by atoms with Crippen molar-refractivity contribution in [3.05, 3.63) is 71.1 Å². The van der Waals surface area contributed by atoms with Crippen LogP contribution in [0.1, 0.15) is 17.9 Å². The summed E-state index contributed by atoms with van der Waals surface area (Å²) in [4.78, 5) is 30.5. The highest BCUT2D eigenvalue weighted by atomic mass is 32.1. The van der Waals surface area contributed by atoms with E-state index in [-0.39, 0.29) is 17.9 Å². The third-order valence-electron chi connectivity index (χ3n) is 4.47. The van der Waals surface area contributed by atoms with E-state index >= 15 is 0 Å². The maximum Gasteiger partial charge on any atom is 0.324 e. The highest BCUT2D eigenvalue weighted by Gasteiger charge is 2.31. The van der Waals surface area contributed by atoms with Crippen LogP contribution >= 0.6 is 11.3 Å². The molecule has 2 N–H and O–H groups in total. The zero-order valence-electron chi connectivity index (χ0n) is 14.5. The third kappa shape index (κ3) is 3.98. The Morgan fingerprint density at radius 2 is 2.00 bits per heavy atom. The van der Waals surface area contributed by atoms with Crippen LogP contribution in [-0.2, 0) is 4.79 Å². The number of nitrogens with one attached hydrogen (secondary N) is 2. The van der Waals surface area contributed by atoms with E-state index in [1.165, 1.54) is 11.3 Å². The van der Waals surface area contributed by atoms with Crippen LogP contribution < -0.4 is 15.5 Å². The lowest BCUT2D eigenvalue weighted by Crippen LogP contribution is -2.25. The van der Waals surface area contributed by atoms with Gasteiger partial charge in [-0.1, -0.05) is 30.3 Å². The van der Waals surface area contributed by atoms with Gasteiger partial charge in [-0.25, -0.2) is 9.78 Å². The van der Waals surface area contributed by atoms with Crippen molar-refractivity contribution < 1.29 is 9.59 Å². The number of anilines is 3. The summed E-state index contributed by atoms with van der Waals surface area (Å²) in [5.74, 6) is 0.644. The molecule has 1 aliphatic rings. The molecular weight excluding hydrogens is 360 g/mol. The molecule has 6 nitrogen and oxygen atoms in total. The number of amides is 3. The average Bonchev–Trinajstić information content (AvgIpc) is 3.32. The molecule has 3 heterocycles. The van der Waals surface area contributed by atoms with Gasteiger partial charge in [0, 0.05) is 42.2 Å². The Morgan fingerprint density at radius 3 is 2.78 bits per heavy atom. The fourth-order valence-corrected chi connectivity index (χ4v) is 3.76. The average molecular weight is 378 g/mol. The van der Waals surface area contributed by atoms with Crippen LogP contribution in [0.2, 0.25) is 0 Å². The van der Waals surface area contributed by atoms with Gasteiger partial charge in [0.2, 0.25) is 5.91 Å². The van der Waals surface area contributed by atoms with Gasteiger partial charge in [-0.3, -0.25) is 10.1 Å². The minimum Gasteiger partial charge on any atom is -0.312 e. The molecule has 0 radical (unpaired) electrons. The van der Waals surface area contributed by atoms with Gasteiger partial charge in [0.1, 0.15) is 5.82 Å². The van der Waals surface area contributed by atoms with Gasteiger partial charge in [-0.15, -0.1) is 0 Å². The Bertz CT molecular complexity index is 944. The second kappa shape index (κ2) is 7.59. The lowest BCUT2D eigenvalue weighted by atomic mass is 9.99. The highest BCUT2D eigenvalue weighted by molar-refractivity contribution is 7.08. The van der Waals surface area contributed by atoms with Crippen LogP contribution in [-0.4, -0.2) is 23.5 Å². The summed E-state index contributed by atoms with van der Waals surface area (Å²) in [7, 11) is 0. The van der Waals surface area contributed by atoms with E-state index in [0.29, 0.717) is 18.8 Å². The van der Waals surface area contributed by atoms with E-state index in [9.17, 15) is 9.59 Å². The lowest BCUT2D eigenvalue weighted by molar-refractivity contribution is -0.117. The molecule has 7 heteroatoms. The van der Waals surface area contributed by atoms with Crippen LogP contribution in [0, 0.1) is 0 Å². The molecular formula is C20H18N4O2S. The van der Waals surface area contributed by atoms with E-state index in [4.69, 9.17) is 0 Å². The molecule has 4 rings (SSSR count). The molecule has 27 heavy (non-hydrogen) atoms. The minimum absolute atomic E-state index is 0.0729. The summed E-state index contributed by atoms with van der Waals surface area (Å²) in [6.45, 7) is 0.618. The topological polar surface area (TPSA) is 74.3 Å². The van der Waals surface area contributed by atoms with E-state index in [1.807, 2.05) is 35.0 Å². The summed E-state index contributed by atoms with van der Waals surface area (Å²) in [5.41, 5.74) is 2.63. The van der Waals surface area contributed by atoms with Crippen molar-refractivity contribution in [3.63, 3.8) is 0 Å². The molecule has 1 saturated heterocycles. The Morgan fingerprint density at radius 1 is 1.15 bits per heavy atom. The van der Waals surface area contributed by atoms with Gasteiger partial charge in [0.25, 0.3) is 0 Å². The van der Waals surface area contributed by atoms with E-state index in [2.05, 4.69) is 27.8 Å². The lowest BCUT2D eigenvalue weighted by Gasteiger charge is -2.17. The van der Waals surface area contributed by atoms with Crippen LogP contribution in [0.3, 0.4) is 0 Å². The van der Waals surface area contributed by atoms with Crippen LogP contribution in [0.25, 0.3) is 0 Å². The largest absolute Gasteiger partial charge is 0.324 e. The fraction of sp³-hybridized carbons (Fsp3) is 0.150. The maximum atomic E-state index is 12.5. The number of rotatable bonds is 4. The zero-order valence-corrected chi connectivity index (χ0v) is 15.3. The number of hydrogen-bond acceptors (Lipinski definition) is 4. The molecule has 1 fully saturated rings. The third-order valence-corrected chi connectivity index (χ3v) is 5.16. The minimum atomic E-state index is -0.368. The summed E-state index contributed by atoms with van der Waals surface area (Å²) in [5, 5.41) is 9.17. The number of nitrogens with zero attached hydrogens (tertiary/aromatic N) is 2. The zero-order chi connectivity index (χ0) is 18.6. The number of aromatic nitrogens is 1. The predicted molar refractivity (Wildman–Crippen MR) is 107 cm³/mol. The second-order valence-corrected chi connectivity index (χ2v) is 7.09. The monoisotopic (exact) mass is 378 g/mol. The fourth-order valence-electron chi connectivity index (χ4n) is 3.18. The smallest absolute Gasteiger partial charge is 0.312 e. The van der Waals surface area contributed by atoms with E-state index < -0.39 is 0 Å². The molecule has 1 atom stereocenters. The first-order valence-corrected chi connectivity index (χ1v) is 9.55. The molecule has 0 unspecified atom stereocenters. The van der Waals surface area contributed by atoms with Crippen LogP contribution in [0.15, 0.2) is 65.5 Å². The molecule has 2 aromatic heterocycles. The Hall–Kier alpha value is -3.19. The van der Waals surface area contributed by atoms with Gasteiger partial charge in [-0.05, 0) is 23.1 Å². The second-order valence-electron chi connectivity index (χ2n) is 6.31. The summed E-state index contributed by atoms with van der Waals surface area (Å²) in [6, 6.07) is 15.0. The molecule has 3 amide bonds. The van der Waals surface area contributed by atoms with Gasteiger partial charge in [-0.2, -0.15) is 11.3 Å². The summed E-state index contributed by atoms with van der Waals surface area (Å²) >= 11 is 1.50. The number of urea groups is 1. The van der Waals surface area contributed by atoms with Gasteiger partial charge >= 0.3 is 6.03 Å². The number of benzene rings is 1. The number of pyridine rings is 1. The summed E-state index contributed by atoms with van der Waals surface area (Å²) in [6.07, 6.45) is 2.08. The Kier molecular flexibility index (Phi) is 4.84. The van der Waals surface area contributed by atoms with Crippen molar-refractivity contribution in [1.82, 2.24) is 4.98 Å². The maximum absolute atomic E-state index is 12.5. The van der Waals surface area contributed by atoms with Crippen LogP contribution in [0.4, 0.5) is 22.0 Å². The van der Waals surface area contributed by atoms with E-state index in [0.717, 1.165) is 16.9 Å². The van der Waals surface area contributed by atoms with Gasteiger partial charge < -0.3 is 10.2 Å². The van der Waals surface area contributed by atoms with Crippen molar-refractivity contribution in [2.45, 2.75) is 12.3 Å². The Balaban J connectivity index is 1.46. The first kappa shape index (κ1) is 17.2. The summed E-state index contributed by atoms with van der Waals surface area (Å²) < 4.78 is 0. The highest BCUT2D eigenvalue weighted by Crippen LogP contribution is 2.32. The van der Waals surface area contributed by atoms with Crippen molar-refractivity contribution >= 4 is 40.5 Å². The van der Waals surface area contributed by atoms with Crippen molar-refractivity contribution in [2.75, 3.05) is 22.1 Å². The predicted octanol–water partition coefficient (Wildman–Crippen LogP) is 4.31. The van der Waals surface area contributed by atoms with Crippen molar-refractivity contribution in [2.24, 2.45) is 0 Å². The number of carbonyl (C=O) groups is 2. The van der Waals surface area contributed by atoms with E-state index in [1.54, 1.807) is 23.2 Å². The van der Waals surface area contributed by atoms with Crippen LogP contribution in [0.5, 0.6) is 0 Å². The first-order chi connectivity index (χ1) is 13.2. The molecule has 136 valence electrons. The Labute approximate surface area is 160 Å². The number of carbonyl (C=O) groups excluding carboxylic acids is 2. The molecule has 0 aliphatic carbocycles. The number of thiophene rings is 1. The first-order valence-electron chi connectivity index (χ1n) is 8.60. The number of hydrogen-bond donors (Lipinski definition) is 2. The normalized spacial score (nSPS) is 16.4. The van der Waals surface area contributed by atoms with Gasteiger partial charge in [0.05, 0.1) is 5.69 Å². The van der Waals surface area contributed by atoms with Crippen molar-refractivity contribution in [1.29, 1.82) is 0 Å². The quantitative estimate of drug-likeness (QED) is 0.710. The molecule has 3 aromatic rings. The molecule has 1 aliphatic heterocycles.